The largest absolute Gasteiger partial charge is 0.491 e. The van der Waals surface area contributed by atoms with Crippen molar-refractivity contribution in [2.24, 2.45) is 0 Å². The van der Waals surface area contributed by atoms with Gasteiger partial charge in [-0.2, -0.15) is 0 Å². The number of carbonyl (C=O) groups is 1. The minimum atomic E-state index is -3.83. The Balaban J connectivity index is 1.94. The van der Waals surface area contributed by atoms with Crippen molar-refractivity contribution in [3.8, 4) is 5.75 Å². The molecule has 0 saturated heterocycles. The van der Waals surface area contributed by atoms with Crippen LogP contribution in [0.2, 0.25) is 5.02 Å². The molecule has 0 atom stereocenters. The van der Waals surface area contributed by atoms with Gasteiger partial charge in [0.05, 0.1) is 6.10 Å². The molecule has 0 fully saturated rings. The quantitative estimate of drug-likeness (QED) is 0.767. The summed E-state index contributed by atoms with van der Waals surface area (Å²) in [5, 5.41) is 3.03. The van der Waals surface area contributed by atoms with Gasteiger partial charge in [-0.15, -0.1) is 0 Å². The number of rotatable bonds is 7. The van der Waals surface area contributed by atoms with Crippen molar-refractivity contribution in [2.75, 3.05) is 15.8 Å². The topological polar surface area (TPSA) is 84.5 Å². The number of hydrogen-bond donors (Lipinski definition) is 2. The minimum absolute atomic E-state index is 0.0269. The van der Waals surface area contributed by atoms with Crippen molar-refractivity contribution in [1.29, 1.82) is 0 Å². The van der Waals surface area contributed by atoms with Crippen LogP contribution in [0.3, 0.4) is 0 Å². The van der Waals surface area contributed by atoms with Crippen LogP contribution in [0.5, 0.6) is 5.75 Å². The van der Waals surface area contributed by atoms with Gasteiger partial charge in [0.15, 0.2) is 0 Å². The third-order valence-electron chi connectivity index (χ3n) is 2.95. The average Bonchev–Trinajstić information content (AvgIpc) is 2.50. The fraction of sp³-hybridized carbons (Fsp3) is 0.235. The van der Waals surface area contributed by atoms with Crippen LogP contribution in [0.15, 0.2) is 48.5 Å². The number of anilines is 2. The molecular weight excluding hydrogens is 364 g/mol. The fourth-order valence-electron chi connectivity index (χ4n) is 1.99. The second kappa shape index (κ2) is 8.22. The van der Waals surface area contributed by atoms with E-state index in [1.165, 1.54) is 0 Å². The van der Waals surface area contributed by atoms with Gasteiger partial charge >= 0.3 is 0 Å². The van der Waals surface area contributed by atoms with Gasteiger partial charge in [-0.05, 0) is 62.4 Å². The molecule has 0 spiro atoms. The molecule has 0 bridgehead atoms. The molecule has 1 amide bonds. The maximum absolute atomic E-state index is 12.1. The van der Waals surface area contributed by atoms with E-state index in [0.717, 1.165) is 0 Å². The van der Waals surface area contributed by atoms with Gasteiger partial charge in [-0.3, -0.25) is 9.52 Å². The molecule has 0 aromatic heterocycles. The molecular formula is C17H19ClN2O4S. The van der Waals surface area contributed by atoms with Gasteiger partial charge in [0.25, 0.3) is 0 Å². The third kappa shape index (κ3) is 6.64. The Kier molecular flexibility index (Phi) is 6.27. The zero-order valence-corrected chi connectivity index (χ0v) is 15.4. The molecule has 0 aliphatic carbocycles. The second-order valence-corrected chi connectivity index (χ2v) is 7.77. The van der Waals surface area contributed by atoms with E-state index in [1.807, 2.05) is 13.8 Å². The molecule has 2 aromatic rings. The van der Waals surface area contributed by atoms with Crippen molar-refractivity contribution < 1.29 is 17.9 Å². The first-order chi connectivity index (χ1) is 11.7. The molecule has 2 N–H and O–H groups in total. The standard InChI is InChI=1S/C17H19ClN2O4S/c1-12(2)24-16-9-7-15(8-10-16)20-25(22,23)11-17(21)19-14-5-3-13(18)4-6-14/h3-10,12,20H,11H2,1-2H3,(H,19,21). The van der Waals surface area contributed by atoms with E-state index in [2.05, 4.69) is 10.0 Å². The number of sulfonamides is 1. The van der Waals surface area contributed by atoms with Crippen molar-refractivity contribution in [3.05, 3.63) is 53.6 Å². The number of carbonyl (C=O) groups excluding carboxylic acids is 1. The van der Waals surface area contributed by atoms with E-state index in [1.54, 1.807) is 48.5 Å². The van der Waals surface area contributed by atoms with Crippen LogP contribution in [0, 0.1) is 0 Å². The highest BCUT2D eigenvalue weighted by atomic mass is 35.5. The van der Waals surface area contributed by atoms with Crippen molar-refractivity contribution in [1.82, 2.24) is 0 Å². The van der Waals surface area contributed by atoms with E-state index < -0.39 is 21.7 Å². The molecule has 6 nitrogen and oxygen atoms in total. The summed E-state index contributed by atoms with van der Waals surface area (Å²) in [6.07, 6.45) is 0.0269. The molecule has 0 unspecified atom stereocenters. The summed E-state index contributed by atoms with van der Waals surface area (Å²) in [4.78, 5) is 11.9. The molecule has 2 aromatic carbocycles. The summed E-state index contributed by atoms with van der Waals surface area (Å²) in [7, 11) is -3.83. The monoisotopic (exact) mass is 382 g/mol. The Labute approximate surface area is 152 Å². The van der Waals surface area contributed by atoms with Gasteiger partial charge in [0, 0.05) is 16.4 Å². The van der Waals surface area contributed by atoms with Gasteiger partial charge in [0.2, 0.25) is 15.9 Å². The average molecular weight is 383 g/mol. The Morgan fingerprint density at radius 3 is 2.16 bits per heavy atom. The van der Waals surface area contributed by atoms with Gasteiger partial charge in [-0.25, -0.2) is 8.42 Å². The lowest BCUT2D eigenvalue weighted by atomic mass is 10.3. The maximum atomic E-state index is 12.1. The molecule has 0 aliphatic heterocycles. The zero-order valence-electron chi connectivity index (χ0n) is 13.8. The number of nitrogens with one attached hydrogen (secondary N) is 2. The van der Waals surface area contributed by atoms with E-state index in [-0.39, 0.29) is 6.10 Å². The number of benzene rings is 2. The summed E-state index contributed by atoms with van der Waals surface area (Å²) < 4.78 is 32.0. The van der Waals surface area contributed by atoms with Crippen LogP contribution in [0.1, 0.15) is 13.8 Å². The fourth-order valence-corrected chi connectivity index (χ4v) is 3.10. The highest BCUT2D eigenvalue weighted by Gasteiger charge is 2.17. The van der Waals surface area contributed by atoms with Crippen LogP contribution >= 0.6 is 11.6 Å². The molecule has 134 valence electrons. The molecule has 0 radical (unpaired) electrons. The summed E-state index contributed by atoms with van der Waals surface area (Å²) in [6, 6.07) is 12.9. The first-order valence-electron chi connectivity index (χ1n) is 7.56. The maximum Gasteiger partial charge on any atom is 0.241 e. The lowest BCUT2D eigenvalue weighted by molar-refractivity contribution is -0.113. The highest BCUT2D eigenvalue weighted by molar-refractivity contribution is 7.93. The van der Waals surface area contributed by atoms with Crippen LogP contribution in [-0.2, 0) is 14.8 Å². The van der Waals surface area contributed by atoms with Crippen LogP contribution in [0.4, 0.5) is 11.4 Å². The second-order valence-electron chi connectivity index (χ2n) is 5.61. The summed E-state index contributed by atoms with van der Waals surface area (Å²) in [5.41, 5.74) is 0.829. The predicted octanol–water partition coefficient (Wildman–Crippen LogP) is 3.51. The van der Waals surface area contributed by atoms with E-state index >= 15 is 0 Å². The van der Waals surface area contributed by atoms with Crippen LogP contribution < -0.4 is 14.8 Å². The molecule has 0 saturated carbocycles. The normalized spacial score (nSPS) is 11.2. The van der Waals surface area contributed by atoms with E-state index in [9.17, 15) is 13.2 Å². The highest BCUT2D eigenvalue weighted by Crippen LogP contribution is 2.18. The molecule has 25 heavy (non-hydrogen) atoms. The third-order valence-corrected chi connectivity index (χ3v) is 4.39. The molecule has 0 heterocycles. The first-order valence-corrected chi connectivity index (χ1v) is 9.59. The lowest BCUT2D eigenvalue weighted by Gasteiger charge is -2.11. The Morgan fingerprint density at radius 2 is 1.60 bits per heavy atom. The van der Waals surface area contributed by atoms with Crippen molar-refractivity contribution in [2.45, 2.75) is 20.0 Å². The first kappa shape index (κ1) is 19.1. The van der Waals surface area contributed by atoms with Crippen LogP contribution in [-0.4, -0.2) is 26.2 Å². The van der Waals surface area contributed by atoms with E-state index in [4.69, 9.17) is 16.3 Å². The van der Waals surface area contributed by atoms with Crippen LogP contribution in [0.25, 0.3) is 0 Å². The molecule has 0 aliphatic rings. The minimum Gasteiger partial charge on any atom is -0.491 e. The van der Waals surface area contributed by atoms with Gasteiger partial charge < -0.3 is 10.1 Å². The number of hydrogen-bond acceptors (Lipinski definition) is 4. The Bertz CT molecular complexity index is 819. The number of amides is 1. The summed E-state index contributed by atoms with van der Waals surface area (Å²) in [5.74, 6) is -0.701. The van der Waals surface area contributed by atoms with Crippen molar-refractivity contribution in [3.63, 3.8) is 0 Å². The van der Waals surface area contributed by atoms with Gasteiger partial charge in [-0.1, -0.05) is 11.6 Å². The summed E-state index contributed by atoms with van der Waals surface area (Å²) in [6.45, 7) is 3.80. The van der Waals surface area contributed by atoms with Crippen molar-refractivity contribution >= 4 is 38.9 Å². The predicted molar refractivity (Wildman–Crippen MR) is 99.7 cm³/mol. The molecule has 2 rings (SSSR count). The lowest BCUT2D eigenvalue weighted by Crippen LogP contribution is -2.27. The SMILES string of the molecule is CC(C)Oc1ccc(NS(=O)(=O)CC(=O)Nc2ccc(Cl)cc2)cc1. The smallest absolute Gasteiger partial charge is 0.241 e. The zero-order chi connectivity index (χ0) is 18.4. The number of ether oxygens (including phenoxy) is 1. The van der Waals surface area contributed by atoms with Gasteiger partial charge in [0.1, 0.15) is 11.5 Å². The molecule has 8 heteroatoms. The Morgan fingerprint density at radius 1 is 1.04 bits per heavy atom. The number of halogens is 1. The summed E-state index contributed by atoms with van der Waals surface area (Å²) >= 11 is 5.76. The Hall–Kier alpha value is -2.25. The van der Waals surface area contributed by atoms with E-state index in [0.29, 0.717) is 22.1 Å².